The van der Waals surface area contributed by atoms with E-state index in [2.05, 4.69) is 39.4 Å². The Morgan fingerprint density at radius 1 is 0.923 bits per heavy atom. The van der Waals surface area contributed by atoms with Gasteiger partial charge in [-0.25, -0.2) is 0 Å². The van der Waals surface area contributed by atoms with Crippen LogP contribution in [-0.4, -0.2) is 37.2 Å². The smallest absolute Gasteiger partial charge is 0.0880 e. The molecule has 1 atom stereocenters. The van der Waals surface area contributed by atoms with Gasteiger partial charge in [0.15, 0.2) is 0 Å². The SMILES string of the molecule is c1ccc2c(c1)NCN2C1CCN(CC2CCCCC23CCCC3)CC1. The van der Waals surface area contributed by atoms with Gasteiger partial charge in [-0.05, 0) is 62.0 Å². The average Bonchev–Trinajstić information content (AvgIpc) is 3.32. The zero-order valence-electron chi connectivity index (χ0n) is 16.3. The van der Waals surface area contributed by atoms with Crippen molar-refractivity contribution in [3.8, 4) is 0 Å². The lowest BCUT2D eigenvalue weighted by Crippen LogP contribution is -2.48. The van der Waals surface area contributed by atoms with E-state index in [0.29, 0.717) is 6.04 Å². The van der Waals surface area contributed by atoms with Crippen molar-refractivity contribution in [1.29, 1.82) is 0 Å². The summed E-state index contributed by atoms with van der Waals surface area (Å²) in [5, 5.41) is 3.57. The number of hydrogen-bond donors (Lipinski definition) is 1. The summed E-state index contributed by atoms with van der Waals surface area (Å²) in [6.45, 7) is 4.99. The molecule has 1 saturated heterocycles. The van der Waals surface area contributed by atoms with Crippen LogP contribution in [0.5, 0.6) is 0 Å². The third-order valence-electron chi connectivity index (χ3n) is 8.07. The Kier molecular flexibility index (Phi) is 4.60. The van der Waals surface area contributed by atoms with Gasteiger partial charge in [-0.15, -0.1) is 0 Å². The molecular formula is C23H35N3. The first-order valence-corrected chi connectivity index (χ1v) is 11.2. The maximum absolute atomic E-state index is 3.57. The molecule has 0 bridgehead atoms. The highest BCUT2D eigenvalue weighted by molar-refractivity contribution is 5.74. The zero-order chi connectivity index (χ0) is 17.4. The number of para-hydroxylation sites is 2. The number of hydrogen-bond acceptors (Lipinski definition) is 3. The number of fused-ring (bicyclic) bond motifs is 1. The highest BCUT2D eigenvalue weighted by Crippen LogP contribution is 2.52. The van der Waals surface area contributed by atoms with E-state index < -0.39 is 0 Å². The molecule has 0 aromatic heterocycles. The molecule has 2 saturated carbocycles. The number of nitrogens with one attached hydrogen (secondary N) is 1. The van der Waals surface area contributed by atoms with Crippen molar-refractivity contribution in [2.75, 3.05) is 36.5 Å². The summed E-state index contributed by atoms with van der Waals surface area (Å²) in [6, 6.07) is 9.54. The predicted molar refractivity (Wildman–Crippen MR) is 110 cm³/mol. The summed E-state index contributed by atoms with van der Waals surface area (Å²) in [6.07, 6.45) is 14.7. The van der Waals surface area contributed by atoms with Crippen LogP contribution < -0.4 is 10.2 Å². The zero-order valence-corrected chi connectivity index (χ0v) is 16.3. The van der Waals surface area contributed by atoms with Gasteiger partial charge < -0.3 is 15.1 Å². The molecule has 1 spiro atoms. The number of piperidine rings is 1. The summed E-state index contributed by atoms with van der Waals surface area (Å²) in [5.41, 5.74) is 3.48. The molecule has 2 aliphatic carbocycles. The van der Waals surface area contributed by atoms with Gasteiger partial charge in [0, 0.05) is 25.7 Å². The molecule has 2 heterocycles. The largest absolute Gasteiger partial charge is 0.366 e. The monoisotopic (exact) mass is 353 g/mol. The molecule has 1 aromatic rings. The molecule has 4 aliphatic rings. The molecule has 0 amide bonds. The standard InChI is InChI=1S/C23H35N3/c1-2-9-22-21(8-1)24-18-26(22)20-10-15-25(16-11-20)17-19-7-3-4-12-23(19)13-5-6-14-23/h1-2,8-9,19-20,24H,3-7,10-18H2. The van der Waals surface area contributed by atoms with E-state index >= 15 is 0 Å². The highest BCUT2D eigenvalue weighted by Gasteiger charge is 2.43. The molecular weight excluding hydrogens is 318 g/mol. The van der Waals surface area contributed by atoms with E-state index in [0.717, 1.165) is 18.0 Å². The number of rotatable bonds is 3. The lowest BCUT2D eigenvalue weighted by atomic mass is 9.65. The molecule has 1 unspecified atom stereocenters. The minimum absolute atomic E-state index is 0.717. The van der Waals surface area contributed by atoms with Crippen LogP contribution in [0.25, 0.3) is 0 Å². The first kappa shape index (κ1) is 16.9. The topological polar surface area (TPSA) is 18.5 Å². The van der Waals surface area contributed by atoms with E-state index in [9.17, 15) is 0 Å². The Morgan fingerprint density at radius 3 is 2.46 bits per heavy atom. The first-order valence-electron chi connectivity index (χ1n) is 11.2. The first-order chi connectivity index (χ1) is 12.8. The third kappa shape index (κ3) is 3.02. The summed E-state index contributed by atoms with van der Waals surface area (Å²) in [5.74, 6) is 0.990. The predicted octanol–water partition coefficient (Wildman–Crippen LogP) is 5.09. The van der Waals surface area contributed by atoms with Gasteiger partial charge in [-0.1, -0.05) is 37.8 Å². The lowest BCUT2D eigenvalue weighted by Gasteiger charge is -2.45. The van der Waals surface area contributed by atoms with E-state index in [1.165, 1.54) is 95.2 Å². The van der Waals surface area contributed by atoms with Crippen LogP contribution in [0.15, 0.2) is 24.3 Å². The van der Waals surface area contributed by atoms with Gasteiger partial charge in [-0.3, -0.25) is 0 Å². The molecule has 26 heavy (non-hydrogen) atoms. The number of likely N-dealkylation sites (tertiary alicyclic amines) is 1. The van der Waals surface area contributed by atoms with Crippen molar-refractivity contribution in [1.82, 2.24) is 4.90 Å². The summed E-state index contributed by atoms with van der Waals surface area (Å²) in [7, 11) is 0. The number of benzene rings is 1. The molecule has 3 heteroatoms. The fourth-order valence-corrected chi connectivity index (χ4v) is 6.58. The highest BCUT2D eigenvalue weighted by atomic mass is 15.3. The Labute approximate surface area is 159 Å². The van der Waals surface area contributed by atoms with Crippen LogP contribution in [0.4, 0.5) is 11.4 Å². The minimum atomic E-state index is 0.717. The van der Waals surface area contributed by atoms with Gasteiger partial charge in [0.1, 0.15) is 0 Å². The second kappa shape index (κ2) is 7.07. The van der Waals surface area contributed by atoms with Crippen LogP contribution in [0.3, 0.4) is 0 Å². The number of anilines is 2. The van der Waals surface area contributed by atoms with Gasteiger partial charge in [-0.2, -0.15) is 0 Å². The Bertz CT molecular complexity index is 614. The molecule has 1 aromatic carbocycles. The molecule has 0 radical (unpaired) electrons. The maximum Gasteiger partial charge on any atom is 0.0880 e. The Morgan fingerprint density at radius 2 is 1.65 bits per heavy atom. The van der Waals surface area contributed by atoms with Gasteiger partial charge >= 0.3 is 0 Å². The van der Waals surface area contributed by atoms with Crippen molar-refractivity contribution < 1.29 is 0 Å². The van der Waals surface area contributed by atoms with E-state index in [1.807, 2.05) is 0 Å². The Balaban J connectivity index is 1.19. The minimum Gasteiger partial charge on any atom is -0.366 e. The maximum atomic E-state index is 3.57. The van der Waals surface area contributed by atoms with Crippen LogP contribution in [0.1, 0.15) is 64.2 Å². The van der Waals surface area contributed by atoms with Crippen molar-refractivity contribution >= 4 is 11.4 Å². The van der Waals surface area contributed by atoms with Crippen molar-refractivity contribution in [3.63, 3.8) is 0 Å². The van der Waals surface area contributed by atoms with Gasteiger partial charge in [0.25, 0.3) is 0 Å². The lowest BCUT2D eigenvalue weighted by molar-refractivity contribution is 0.0548. The van der Waals surface area contributed by atoms with Crippen LogP contribution in [0.2, 0.25) is 0 Å². The van der Waals surface area contributed by atoms with E-state index in [1.54, 1.807) is 0 Å². The fourth-order valence-electron chi connectivity index (χ4n) is 6.58. The number of nitrogens with zero attached hydrogens (tertiary/aromatic N) is 2. The van der Waals surface area contributed by atoms with E-state index in [4.69, 9.17) is 0 Å². The molecule has 142 valence electrons. The third-order valence-corrected chi connectivity index (χ3v) is 8.07. The summed E-state index contributed by atoms with van der Waals surface area (Å²) in [4.78, 5) is 5.44. The quantitative estimate of drug-likeness (QED) is 0.816. The molecule has 5 rings (SSSR count). The van der Waals surface area contributed by atoms with Crippen molar-refractivity contribution in [2.45, 2.75) is 70.3 Å². The summed E-state index contributed by atoms with van der Waals surface area (Å²) < 4.78 is 0. The van der Waals surface area contributed by atoms with Crippen LogP contribution >= 0.6 is 0 Å². The van der Waals surface area contributed by atoms with Crippen LogP contribution in [0, 0.1) is 11.3 Å². The molecule has 3 fully saturated rings. The van der Waals surface area contributed by atoms with Gasteiger partial charge in [0.05, 0.1) is 18.0 Å². The van der Waals surface area contributed by atoms with Crippen molar-refractivity contribution in [2.24, 2.45) is 11.3 Å². The molecule has 2 aliphatic heterocycles. The molecule has 1 N–H and O–H groups in total. The molecule has 3 nitrogen and oxygen atoms in total. The Hall–Kier alpha value is -1.22. The average molecular weight is 354 g/mol. The van der Waals surface area contributed by atoms with Gasteiger partial charge in [0.2, 0.25) is 0 Å². The van der Waals surface area contributed by atoms with Crippen LogP contribution in [-0.2, 0) is 0 Å². The van der Waals surface area contributed by atoms with Crippen molar-refractivity contribution in [3.05, 3.63) is 24.3 Å². The van der Waals surface area contributed by atoms with E-state index in [-0.39, 0.29) is 0 Å². The second-order valence-electron chi connectivity index (χ2n) is 9.37. The fraction of sp³-hybridized carbons (Fsp3) is 0.739. The summed E-state index contributed by atoms with van der Waals surface area (Å²) >= 11 is 0. The normalized spacial score (nSPS) is 29.1. The second-order valence-corrected chi connectivity index (χ2v) is 9.37.